The van der Waals surface area contributed by atoms with E-state index in [4.69, 9.17) is 10.5 Å². The molecule has 0 saturated heterocycles. The molecule has 0 aromatic heterocycles. The van der Waals surface area contributed by atoms with Crippen molar-refractivity contribution in [2.75, 3.05) is 0 Å². The number of carbonyl (C=O) groups is 2. The number of carbonyl (C=O) groups excluding carboxylic acids is 1. The SMILES string of the molecule is CC(NC(=O)O)C(C)(C)C(=O)NNC(=N)c1cc(F)ccc1F. The van der Waals surface area contributed by atoms with Gasteiger partial charge in [-0.05, 0) is 39.0 Å². The van der Waals surface area contributed by atoms with E-state index in [0.717, 1.165) is 18.2 Å². The number of amides is 2. The van der Waals surface area contributed by atoms with Crippen molar-refractivity contribution in [3.05, 3.63) is 35.4 Å². The van der Waals surface area contributed by atoms with Crippen LogP contribution in [-0.4, -0.2) is 29.0 Å². The molecule has 0 spiro atoms. The normalized spacial score (nSPS) is 12.2. The highest BCUT2D eigenvalue weighted by atomic mass is 19.1. The number of halogens is 2. The highest BCUT2D eigenvalue weighted by molar-refractivity contribution is 5.98. The van der Waals surface area contributed by atoms with E-state index in [1.165, 1.54) is 20.8 Å². The van der Waals surface area contributed by atoms with Gasteiger partial charge in [-0.3, -0.25) is 21.1 Å². The zero-order valence-corrected chi connectivity index (χ0v) is 12.8. The van der Waals surface area contributed by atoms with Gasteiger partial charge in [-0.2, -0.15) is 0 Å². The zero-order chi connectivity index (χ0) is 17.8. The number of hydrogen-bond donors (Lipinski definition) is 5. The molecule has 1 rings (SSSR count). The van der Waals surface area contributed by atoms with Gasteiger partial charge in [-0.1, -0.05) is 0 Å². The minimum atomic E-state index is -1.28. The van der Waals surface area contributed by atoms with Gasteiger partial charge in [0.1, 0.15) is 17.5 Å². The number of carboxylic acid groups (broad SMARTS) is 1. The summed E-state index contributed by atoms with van der Waals surface area (Å²) in [6.45, 7) is 4.50. The predicted molar refractivity (Wildman–Crippen MR) is 78.9 cm³/mol. The second-order valence-corrected chi connectivity index (χ2v) is 5.47. The van der Waals surface area contributed by atoms with Gasteiger partial charge in [0.05, 0.1) is 11.0 Å². The van der Waals surface area contributed by atoms with Crippen LogP contribution < -0.4 is 16.2 Å². The van der Waals surface area contributed by atoms with Gasteiger partial charge in [0.2, 0.25) is 5.91 Å². The molecule has 0 aliphatic heterocycles. The molecule has 0 radical (unpaired) electrons. The second kappa shape index (κ2) is 7.03. The first-order valence-electron chi connectivity index (χ1n) is 6.65. The first-order valence-corrected chi connectivity index (χ1v) is 6.65. The van der Waals surface area contributed by atoms with Gasteiger partial charge < -0.3 is 10.4 Å². The molecule has 1 aromatic rings. The van der Waals surface area contributed by atoms with E-state index >= 15 is 0 Å². The Morgan fingerprint density at radius 3 is 2.43 bits per heavy atom. The maximum atomic E-state index is 13.5. The largest absolute Gasteiger partial charge is 0.465 e. The Labute approximate surface area is 131 Å². The summed E-state index contributed by atoms with van der Waals surface area (Å²) in [6, 6.07) is 1.87. The molecule has 1 atom stereocenters. The van der Waals surface area contributed by atoms with Crippen molar-refractivity contribution in [2.45, 2.75) is 26.8 Å². The van der Waals surface area contributed by atoms with E-state index in [9.17, 15) is 18.4 Å². The van der Waals surface area contributed by atoms with Crippen LogP contribution in [0.15, 0.2) is 18.2 Å². The van der Waals surface area contributed by atoms with E-state index in [-0.39, 0.29) is 5.56 Å². The fourth-order valence-corrected chi connectivity index (χ4v) is 1.60. The fraction of sp³-hybridized carbons (Fsp3) is 0.357. The average Bonchev–Trinajstić information content (AvgIpc) is 2.45. The molecule has 0 aliphatic carbocycles. The van der Waals surface area contributed by atoms with Crippen molar-refractivity contribution < 1.29 is 23.5 Å². The standard InChI is InChI=1S/C14H18F2N4O3/c1-7(18-13(22)23)14(2,3)12(21)20-19-11(17)9-6-8(15)4-5-10(9)16/h4-7,18H,1-3H3,(H2,17,19)(H,20,21)(H,22,23). The Morgan fingerprint density at radius 1 is 1.26 bits per heavy atom. The molecule has 23 heavy (non-hydrogen) atoms. The number of hydrazine groups is 1. The Bertz CT molecular complexity index is 634. The molecule has 1 aromatic carbocycles. The fourth-order valence-electron chi connectivity index (χ4n) is 1.60. The molecular formula is C14H18F2N4O3. The summed E-state index contributed by atoms with van der Waals surface area (Å²) in [4.78, 5) is 22.7. The lowest BCUT2D eigenvalue weighted by atomic mass is 9.84. The van der Waals surface area contributed by atoms with E-state index < -0.39 is 40.9 Å². The number of amidine groups is 1. The van der Waals surface area contributed by atoms with Gasteiger partial charge in [-0.25, -0.2) is 13.6 Å². The lowest BCUT2D eigenvalue weighted by Gasteiger charge is -2.30. The zero-order valence-electron chi connectivity index (χ0n) is 12.8. The van der Waals surface area contributed by atoms with Crippen LogP contribution in [0.2, 0.25) is 0 Å². The van der Waals surface area contributed by atoms with Crippen molar-refractivity contribution in [3.8, 4) is 0 Å². The number of hydrogen-bond acceptors (Lipinski definition) is 3. The molecule has 126 valence electrons. The topological polar surface area (TPSA) is 114 Å². The van der Waals surface area contributed by atoms with Gasteiger partial charge in [0.25, 0.3) is 0 Å². The second-order valence-electron chi connectivity index (χ2n) is 5.47. The highest BCUT2D eigenvalue weighted by Gasteiger charge is 2.35. The van der Waals surface area contributed by atoms with Crippen molar-refractivity contribution >= 4 is 17.8 Å². The lowest BCUT2D eigenvalue weighted by molar-refractivity contribution is -0.131. The van der Waals surface area contributed by atoms with Crippen LogP contribution in [0.25, 0.3) is 0 Å². The first-order chi connectivity index (χ1) is 10.6. The van der Waals surface area contributed by atoms with Crippen LogP contribution in [0.1, 0.15) is 26.3 Å². The maximum absolute atomic E-state index is 13.5. The molecule has 0 heterocycles. The van der Waals surface area contributed by atoms with E-state index in [1.807, 2.05) is 0 Å². The van der Waals surface area contributed by atoms with Crippen molar-refractivity contribution in [3.63, 3.8) is 0 Å². The van der Waals surface area contributed by atoms with Crippen LogP contribution in [0.3, 0.4) is 0 Å². The van der Waals surface area contributed by atoms with Gasteiger partial charge in [0.15, 0.2) is 0 Å². The molecule has 7 nitrogen and oxygen atoms in total. The Kier molecular flexibility index (Phi) is 5.61. The molecular weight excluding hydrogens is 310 g/mol. The van der Waals surface area contributed by atoms with Crippen LogP contribution in [0, 0.1) is 22.5 Å². The molecule has 0 bridgehead atoms. The van der Waals surface area contributed by atoms with Crippen LogP contribution in [0.4, 0.5) is 13.6 Å². The summed E-state index contributed by atoms with van der Waals surface area (Å²) < 4.78 is 26.6. The third-order valence-corrected chi connectivity index (χ3v) is 3.51. The summed E-state index contributed by atoms with van der Waals surface area (Å²) >= 11 is 0. The van der Waals surface area contributed by atoms with Crippen LogP contribution in [0.5, 0.6) is 0 Å². The van der Waals surface area contributed by atoms with E-state index in [2.05, 4.69) is 16.2 Å². The van der Waals surface area contributed by atoms with Gasteiger partial charge >= 0.3 is 6.09 Å². The van der Waals surface area contributed by atoms with Crippen molar-refractivity contribution in [2.24, 2.45) is 5.41 Å². The summed E-state index contributed by atoms with van der Waals surface area (Å²) in [7, 11) is 0. The number of nitrogens with one attached hydrogen (secondary N) is 4. The maximum Gasteiger partial charge on any atom is 0.404 e. The smallest absolute Gasteiger partial charge is 0.404 e. The van der Waals surface area contributed by atoms with Crippen LogP contribution >= 0.6 is 0 Å². The number of benzene rings is 1. The molecule has 0 aliphatic rings. The summed E-state index contributed by atoms with van der Waals surface area (Å²) in [6.07, 6.45) is -1.28. The highest BCUT2D eigenvalue weighted by Crippen LogP contribution is 2.20. The number of rotatable bonds is 4. The Hall–Kier alpha value is -2.71. The molecule has 2 amide bonds. The quantitative estimate of drug-likeness (QED) is 0.328. The van der Waals surface area contributed by atoms with Crippen molar-refractivity contribution in [1.82, 2.24) is 16.2 Å². The molecule has 1 unspecified atom stereocenters. The molecule has 0 saturated carbocycles. The lowest BCUT2D eigenvalue weighted by Crippen LogP contribution is -2.54. The predicted octanol–water partition coefficient (Wildman–Crippen LogP) is 1.59. The molecule has 5 N–H and O–H groups in total. The summed E-state index contributed by atoms with van der Waals surface area (Å²) in [5.74, 6) is -2.71. The summed E-state index contributed by atoms with van der Waals surface area (Å²) in [5, 5.41) is 18.5. The van der Waals surface area contributed by atoms with Crippen LogP contribution in [-0.2, 0) is 4.79 Å². The van der Waals surface area contributed by atoms with Gasteiger partial charge in [-0.15, -0.1) is 0 Å². The Morgan fingerprint density at radius 2 is 1.87 bits per heavy atom. The average molecular weight is 328 g/mol. The minimum absolute atomic E-state index is 0.347. The third kappa shape index (κ3) is 4.63. The van der Waals surface area contributed by atoms with E-state index in [1.54, 1.807) is 0 Å². The molecule has 9 heteroatoms. The summed E-state index contributed by atoms with van der Waals surface area (Å²) in [5.41, 5.74) is 2.88. The Balaban J connectivity index is 2.73. The monoisotopic (exact) mass is 328 g/mol. The van der Waals surface area contributed by atoms with Crippen molar-refractivity contribution in [1.29, 1.82) is 5.41 Å². The first kappa shape index (κ1) is 18.3. The minimum Gasteiger partial charge on any atom is -0.465 e. The molecule has 0 fully saturated rings. The third-order valence-electron chi connectivity index (χ3n) is 3.51. The van der Waals surface area contributed by atoms with E-state index in [0.29, 0.717) is 0 Å². The van der Waals surface area contributed by atoms with Gasteiger partial charge in [0, 0.05) is 6.04 Å².